The molecule has 0 aliphatic carbocycles. The fraction of sp³-hybridized carbons (Fsp3) is 0.429. The Morgan fingerprint density at radius 1 is 1.59 bits per heavy atom. The van der Waals surface area contributed by atoms with Gasteiger partial charge in [0.2, 0.25) is 10.0 Å². The van der Waals surface area contributed by atoms with Crippen molar-refractivity contribution in [3.05, 3.63) is 11.6 Å². The molecular formula is C7H10N2O5S3. The number of rotatable bonds is 1. The van der Waals surface area contributed by atoms with Gasteiger partial charge in [0.1, 0.15) is 8.42 Å². The van der Waals surface area contributed by atoms with Crippen LogP contribution in [0.4, 0.5) is 0 Å². The van der Waals surface area contributed by atoms with E-state index in [-0.39, 0.29) is 20.5 Å². The second-order valence-electron chi connectivity index (χ2n) is 3.65. The number of fused-ring (bicyclic) bond motifs is 1. The molecule has 10 heteroatoms. The minimum absolute atomic E-state index is 0.0946. The molecule has 0 saturated heterocycles. The Balaban J connectivity index is 2.73. The number of hydrogen-bond acceptors (Lipinski definition) is 6. The second kappa shape index (κ2) is 3.73. The van der Waals surface area contributed by atoms with Gasteiger partial charge in [0.15, 0.2) is 0 Å². The summed E-state index contributed by atoms with van der Waals surface area (Å²) in [5.74, 6) is 0. The summed E-state index contributed by atoms with van der Waals surface area (Å²) >= 11 is 0.554. The van der Waals surface area contributed by atoms with Crippen LogP contribution in [0.2, 0.25) is 0 Å². The topological polar surface area (TPSA) is 118 Å². The molecule has 1 aromatic rings. The van der Waals surface area contributed by atoms with Gasteiger partial charge in [-0.25, -0.2) is 22.0 Å². The highest BCUT2D eigenvalue weighted by Gasteiger charge is 2.37. The Morgan fingerprint density at radius 2 is 2.18 bits per heavy atom. The monoisotopic (exact) mass is 298 g/mol. The van der Waals surface area contributed by atoms with Crippen molar-refractivity contribution >= 4 is 31.4 Å². The van der Waals surface area contributed by atoms with E-state index in [0.717, 1.165) is 10.4 Å². The highest BCUT2D eigenvalue weighted by atomic mass is 32.3. The summed E-state index contributed by atoms with van der Waals surface area (Å²) in [5, 5.41) is 14.6. The van der Waals surface area contributed by atoms with E-state index in [9.17, 15) is 21.9 Å². The zero-order chi connectivity index (χ0) is 13.0. The molecule has 1 unspecified atom stereocenters. The molecule has 0 saturated carbocycles. The van der Waals surface area contributed by atoms with E-state index in [1.54, 1.807) is 0 Å². The highest BCUT2D eigenvalue weighted by Crippen LogP contribution is 2.38. The summed E-state index contributed by atoms with van der Waals surface area (Å²) in [6.07, 6.45) is -1.04. The normalized spacial score (nSPS) is 24.5. The Bertz CT molecular complexity index is 660. The maximum Gasteiger partial charge on any atom is 0.252 e. The molecule has 0 radical (unpaired) electrons. The Labute approximate surface area is 103 Å². The molecule has 0 amide bonds. The molecule has 96 valence electrons. The van der Waals surface area contributed by atoms with Gasteiger partial charge in [-0.1, -0.05) is 0 Å². The SMILES string of the molecule is CN1CC(O)c2cc(S(N)(=O)=O)sc2S1(=O)=O. The number of aliphatic hydroxyl groups is 1. The van der Waals surface area contributed by atoms with Gasteiger partial charge in [0, 0.05) is 19.2 Å². The lowest BCUT2D eigenvalue weighted by molar-refractivity contribution is 0.147. The Kier molecular flexibility index (Phi) is 2.84. The van der Waals surface area contributed by atoms with Crippen LogP contribution in [-0.4, -0.2) is 39.8 Å². The Morgan fingerprint density at radius 3 is 2.71 bits per heavy atom. The zero-order valence-corrected chi connectivity index (χ0v) is 11.1. The van der Waals surface area contributed by atoms with Crippen molar-refractivity contribution in [1.29, 1.82) is 0 Å². The summed E-state index contributed by atoms with van der Waals surface area (Å²) in [4.78, 5) is 0. The van der Waals surface area contributed by atoms with Gasteiger partial charge in [-0.2, -0.15) is 4.31 Å². The van der Waals surface area contributed by atoms with Crippen molar-refractivity contribution in [3.63, 3.8) is 0 Å². The molecule has 1 aliphatic heterocycles. The first-order valence-electron chi connectivity index (χ1n) is 4.45. The quantitative estimate of drug-likeness (QED) is 0.694. The predicted molar refractivity (Wildman–Crippen MR) is 60.5 cm³/mol. The number of nitrogens with zero attached hydrogens (tertiary/aromatic N) is 1. The largest absolute Gasteiger partial charge is 0.387 e. The molecule has 1 atom stereocenters. The summed E-state index contributed by atoms with van der Waals surface area (Å²) in [6, 6.07) is 1.12. The zero-order valence-electron chi connectivity index (χ0n) is 8.69. The van der Waals surface area contributed by atoms with E-state index in [1.165, 1.54) is 7.05 Å². The standard InChI is InChI=1S/C7H10N2O5S3/c1-9-3-5(10)4-2-6(16(8,11)12)15-7(4)17(9,13)14/h2,5,10H,3H2,1H3,(H2,8,11,12). The number of likely N-dealkylation sites (N-methyl/N-ethyl adjacent to an activating group) is 1. The summed E-state index contributed by atoms with van der Waals surface area (Å²) < 4.78 is 46.6. The summed E-state index contributed by atoms with van der Waals surface area (Å²) in [6.45, 7) is -0.101. The molecule has 0 bridgehead atoms. The van der Waals surface area contributed by atoms with Crippen LogP contribution in [-0.2, 0) is 20.0 Å². The molecule has 2 rings (SSSR count). The molecule has 1 aliphatic rings. The van der Waals surface area contributed by atoms with Gasteiger partial charge >= 0.3 is 0 Å². The third kappa shape index (κ3) is 2.00. The molecule has 1 aromatic heterocycles. The minimum Gasteiger partial charge on any atom is -0.387 e. The molecule has 3 N–H and O–H groups in total. The van der Waals surface area contributed by atoms with Crippen LogP contribution in [0.25, 0.3) is 0 Å². The third-order valence-electron chi connectivity index (χ3n) is 2.42. The number of nitrogens with two attached hydrogens (primary N) is 1. The summed E-state index contributed by atoms with van der Waals surface area (Å²) in [7, 11) is -6.37. The number of primary sulfonamides is 1. The van der Waals surface area contributed by atoms with Crippen molar-refractivity contribution in [3.8, 4) is 0 Å². The van der Waals surface area contributed by atoms with Gasteiger partial charge in [-0.3, -0.25) is 0 Å². The van der Waals surface area contributed by atoms with Crippen molar-refractivity contribution in [2.24, 2.45) is 5.14 Å². The van der Waals surface area contributed by atoms with Crippen molar-refractivity contribution in [1.82, 2.24) is 4.31 Å². The summed E-state index contributed by atoms with van der Waals surface area (Å²) in [5.41, 5.74) is 0.0946. The molecule has 0 aromatic carbocycles. The average molecular weight is 298 g/mol. The number of thiophene rings is 1. The van der Waals surface area contributed by atoms with Crippen LogP contribution < -0.4 is 5.14 Å². The smallest absolute Gasteiger partial charge is 0.252 e. The molecule has 2 heterocycles. The van der Waals surface area contributed by atoms with Gasteiger partial charge < -0.3 is 5.11 Å². The van der Waals surface area contributed by atoms with E-state index in [4.69, 9.17) is 5.14 Å². The minimum atomic E-state index is -3.96. The van der Waals surface area contributed by atoms with Gasteiger partial charge in [-0.05, 0) is 6.07 Å². The van der Waals surface area contributed by atoms with E-state index in [0.29, 0.717) is 11.3 Å². The second-order valence-corrected chi connectivity index (χ2v) is 8.74. The van der Waals surface area contributed by atoms with E-state index < -0.39 is 26.2 Å². The first-order valence-corrected chi connectivity index (χ1v) is 8.25. The van der Waals surface area contributed by atoms with Crippen molar-refractivity contribution in [2.75, 3.05) is 13.6 Å². The first-order chi connectivity index (χ1) is 7.64. The maximum atomic E-state index is 11.9. The molecule has 0 fully saturated rings. The third-order valence-corrected chi connectivity index (χ3v) is 7.34. The molecular weight excluding hydrogens is 288 g/mol. The van der Waals surface area contributed by atoms with E-state index in [2.05, 4.69) is 0 Å². The van der Waals surface area contributed by atoms with E-state index >= 15 is 0 Å². The lowest BCUT2D eigenvalue weighted by Gasteiger charge is -2.25. The highest BCUT2D eigenvalue weighted by molar-refractivity contribution is 7.94. The van der Waals surface area contributed by atoms with Gasteiger partial charge in [0.05, 0.1) is 6.10 Å². The van der Waals surface area contributed by atoms with Crippen LogP contribution in [0.1, 0.15) is 11.7 Å². The van der Waals surface area contributed by atoms with Crippen LogP contribution in [0.3, 0.4) is 0 Å². The number of β-amino-alcohol motifs (C(OH)–C–C–N with tert-alkyl or cyclic N) is 1. The maximum absolute atomic E-state index is 11.9. The first kappa shape index (κ1) is 12.9. The Hall–Kier alpha value is -0.520. The predicted octanol–water partition coefficient (Wildman–Crippen LogP) is -0.937. The van der Waals surface area contributed by atoms with E-state index in [1.807, 2.05) is 0 Å². The fourth-order valence-electron chi connectivity index (χ4n) is 1.52. The number of aliphatic hydroxyl groups excluding tert-OH is 1. The lowest BCUT2D eigenvalue weighted by atomic mass is 10.2. The van der Waals surface area contributed by atoms with Crippen LogP contribution in [0.5, 0.6) is 0 Å². The lowest BCUT2D eigenvalue weighted by Crippen LogP contribution is -2.35. The fourth-order valence-corrected chi connectivity index (χ4v) is 5.55. The van der Waals surface area contributed by atoms with Gasteiger partial charge in [-0.15, -0.1) is 11.3 Å². The molecule has 0 spiro atoms. The van der Waals surface area contributed by atoms with Crippen LogP contribution in [0, 0.1) is 0 Å². The number of sulfonamides is 2. The van der Waals surface area contributed by atoms with Crippen LogP contribution >= 0.6 is 11.3 Å². The van der Waals surface area contributed by atoms with Crippen molar-refractivity contribution < 1.29 is 21.9 Å². The van der Waals surface area contributed by atoms with Crippen molar-refractivity contribution in [2.45, 2.75) is 14.5 Å². The van der Waals surface area contributed by atoms with Gasteiger partial charge in [0.25, 0.3) is 10.0 Å². The van der Waals surface area contributed by atoms with Crippen LogP contribution in [0.15, 0.2) is 14.5 Å². The average Bonchev–Trinajstić information content (AvgIpc) is 2.59. The molecule has 7 nitrogen and oxygen atoms in total. The molecule has 17 heavy (non-hydrogen) atoms. The number of hydrogen-bond donors (Lipinski definition) is 2.